The number of fused-ring (bicyclic) bond motifs is 22. The van der Waals surface area contributed by atoms with Gasteiger partial charge < -0.3 is 13.7 Å². The summed E-state index contributed by atoms with van der Waals surface area (Å²) in [5.74, 6) is 0.668. The topological polar surface area (TPSA) is 40.6 Å². The number of para-hydroxylation sites is 3. The Morgan fingerprint density at radius 2 is 0.649 bits per heavy atom. The lowest BCUT2D eigenvalue weighted by molar-refractivity contribution is 0.660. The summed E-state index contributed by atoms with van der Waals surface area (Å²) in [5, 5.41) is 8.64. The molecule has 0 atom stereocenters. The fourth-order valence-electron chi connectivity index (χ4n) is 17.6. The smallest absolute Gasteiger partial charge is 0.160 e. The van der Waals surface area contributed by atoms with Crippen molar-refractivity contribution in [3.63, 3.8) is 0 Å². The van der Waals surface area contributed by atoms with Gasteiger partial charge in [-0.3, -0.25) is 0 Å². The van der Waals surface area contributed by atoms with Crippen molar-refractivity contribution in [1.82, 2.24) is 23.7 Å². The Balaban J connectivity index is 0.760. The van der Waals surface area contributed by atoms with Crippen molar-refractivity contribution in [2.75, 3.05) is 0 Å². The van der Waals surface area contributed by atoms with E-state index < -0.39 is 0 Å². The minimum absolute atomic E-state index is 0.0923. The van der Waals surface area contributed by atoms with Gasteiger partial charge in [-0.15, -0.1) is 0 Å². The summed E-state index contributed by atoms with van der Waals surface area (Å²) in [6.07, 6.45) is 0. The summed E-state index contributed by atoms with van der Waals surface area (Å²) >= 11 is 0. The Morgan fingerprint density at radius 1 is 0.255 bits per heavy atom. The fraction of sp³-hybridized carbons (Fsp3) is 0.101. The summed E-state index contributed by atoms with van der Waals surface area (Å²) in [6, 6.07) is 102. The van der Waals surface area contributed by atoms with Crippen molar-refractivity contribution in [1.29, 1.82) is 0 Å². The third-order valence-corrected chi connectivity index (χ3v) is 22.0. The van der Waals surface area contributed by atoms with Gasteiger partial charge in [0.2, 0.25) is 0 Å². The summed E-state index contributed by atoms with van der Waals surface area (Å²) < 4.78 is 7.36. The second-order valence-electron chi connectivity index (χ2n) is 28.0. The molecule has 0 aliphatic heterocycles. The highest BCUT2D eigenvalue weighted by Crippen LogP contribution is 2.57. The van der Waals surface area contributed by atoms with E-state index >= 15 is 0 Å². The van der Waals surface area contributed by atoms with Crippen LogP contribution in [0.4, 0.5) is 0 Å². The maximum Gasteiger partial charge on any atom is 0.160 e. The molecule has 94 heavy (non-hydrogen) atoms. The quantitative estimate of drug-likeness (QED) is 0.166. The van der Waals surface area contributed by atoms with E-state index in [9.17, 15) is 0 Å². The van der Waals surface area contributed by atoms with Gasteiger partial charge in [0.25, 0.3) is 0 Å². The molecule has 0 amide bonds. The van der Waals surface area contributed by atoms with Crippen molar-refractivity contribution < 1.29 is 0 Å². The predicted octanol–water partition coefficient (Wildman–Crippen LogP) is 22.8. The average Bonchev–Trinajstić information content (AvgIpc) is 1.55. The normalized spacial score (nSPS) is 14.5. The monoisotopic (exact) mass is 1200 g/mol. The standard InChI is InChI=1S/C89H63N5/c1-87(2)66-31-13-7-25-59(66)79-69(87)42-46-76-82(79)62-28-10-16-34-73(62)92(76)56-40-37-52(38-41-56)53-39-45-72-65(51-53)85(54-21-19-23-57(49-54)93-74-35-17-11-29-63(74)83-77(93)47-43-70-80(83)60-26-8-14-32-67(60)88(70,3)4)91-86(90-72)55-22-20-24-58(50-55)94-75-36-18-12-30-64(75)84-78(94)48-44-71-81(84)61-27-9-15-33-68(61)89(71,5)6/h7-51H,1-6H3. The summed E-state index contributed by atoms with van der Waals surface area (Å²) in [6.45, 7) is 14.2. The number of aromatic nitrogens is 5. The van der Waals surface area contributed by atoms with Crippen LogP contribution in [0.2, 0.25) is 0 Å². The van der Waals surface area contributed by atoms with E-state index in [1.54, 1.807) is 0 Å². The van der Waals surface area contributed by atoms with Gasteiger partial charge in [0.1, 0.15) is 0 Å². The fourth-order valence-corrected chi connectivity index (χ4v) is 17.6. The highest BCUT2D eigenvalue weighted by Gasteiger charge is 2.40. The van der Waals surface area contributed by atoms with Crippen molar-refractivity contribution >= 4 is 76.3 Å². The zero-order valence-corrected chi connectivity index (χ0v) is 53.2. The van der Waals surface area contributed by atoms with Crippen LogP contribution in [0.1, 0.15) is 74.9 Å². The first-order valence-corrected chi connectivity index (χ1v) is 33.1. The van der Waals surface area contributed by atoms with Crippen LogP contribution in [0.3, 0.4) is 0 Å². The molecule has 0 N–H and O–H groups in total. The van der Waals surface area contributed by atoms with Gasteiger partial charge in [-0.05, 0) is 163 Å². The van der Waals surface area contributed by atoms with Crippen LogP contribution in [0.15, 0.2) is 273 Å². The third-order valence-electron chi connectivity index (χ3n) is 22.0. The molecule has 0 saturated heterocycles. The maximum atomic E-state index is 5.77. The molecule has 0 spiro atoms. The highest BCUT2D eigenvalue weighted by atomic mass is 15.0. The van der Waals surface area contributed by atoms with Gasteiger partial charge in [0.05, 0.1) is 44.3 Å². The zero-order chi connectivity index (χ0) is 62.7. The average molecular weight is 1200 g/mol. The first kappa shape index (κ1) is 53.3. The minimum Gasteiger partial charge on any atom is -0.309 e. The molecule has 0 unspecified atom stereocenters. The molecule has 444 valence electrons. The molecule has 0 bridgehead atoms. The predicted molar refractivity (Wildman–Crippen MR) is 392 cm³/mol. The Bertz CT molecular complexity index is 6200. The molecular formula is C89H63N5. The van der Waals surface area contributed by atoms with Crippen molar-refractivity contribution in [3.8, 4) is 84.2 Å². The molecule has 3 aliphatic rings. The molecule has 0 saturated carbocycles. The van der Waals surface area contributed by atoms with Gasteiger partial charge in [-0.2, -0.15) is 0 Å². The number of rotatable bonds is 6. The van der Waals surface area contributed by atoms with Crippen LogP contribution < -0.4 is 0 Å². The van der Waals surface area contributed by atoms with Crippen molar-refractivity contribution in [2.45, 2.75) is 57.8 Å². The molecular weight excluding hydrogens is 1140 g/mol. The minimum atomic E-state index is -0.123. The second kappa shape index (κ2) is 18.9. The molecule has 4 aromatic heterocycles. The van der Waals surface area contributed by atoms with Crippen LogP contribution in [0.5, 0.6) is 0 Å². The lowest BCUT2D eigenvalue weighted by atomic mass is 9.82. The largest absolute Gasteiger partial charge is 0.309 e. The Morgan fingerprint density at radius 3 is 1.12 bits per heavy atom. The van der Waals surface area contributed by atoms with Crippen molar-refractivity contribution in [3.05, 3.63) is 306 Å². The second-order valence-corrected chi connectivity index (χ2v) is 28.0. The number of hydrogen-bond donors (Lipinski definition) is 0. The van der Waals surface area contributed by atoms with E-state index in [2.05, 4.69) is 328 Å². The lowest BCUT2D eigenvalue weighted by Gasteiger charge is -2.21. The molecule has 20 rings (SSSR count). The van der Waals surface area contributed by atoms with E-state index in [4.69, 9.17) is 9.97 Å². The molecule has 5 nitrogen and oxygen atoms in total. The molecule has 13 aromatic carbocycles. The summed E-state index contributed by atoms with van der Waals surface area (Å²) in [5.41, 5.74) is 32.2. The van der Waals surface area contributed by atoms with Gasteiger partial charge in [-0.25, -0.2) is 9.97 Å². The van der Waals surface area contributed by atoms with E-state index in [0.717, 1.165) is 55.9 Å². The van der Waals surface area contributed by atoms with Gasteiger partial charge >= 0.3 is 0 Å². The maximum absolute atomic E-state index is 5.77. The van der Waals surface area contributed by atoms with Crippen LogP contribution in [-0.2, 0) is 16.2 Å². The van der Waals surface area contributed by atoms with Gasteiger partial charge in [0, 0.05) is 82.1 Å². The highest BCUT2D eigenvalue weighted by molar-refractivity contribution is 6.21. The SMILES string of the molecule is CC1(C)c2ccccc2-c2c1ccc1c2c2ccccc2n1-c1ccc(-c2ccc3nc(-c4cccc(-n5c6ccccc6c6c7c(ccc65)C(C)(C)c5ccccc5-7)c4)nc(-c4cccc(-n5c6ccccc6c6c7c(ccc65)C(C)(C)c5ccccc5-7)c4)c3c2)cc1. The number of benzene rings is 13. The molecule has 3 aliphatic carbocycles. The van der Waals surface area contributed by atoms with Crippen molar-refractivity contribution in [2.24, 2.45) is 0 Å². The van der Waals surface area contributed by atoms with Crippen LogP contribution in [0.25, 0.3) is 161 Å². The number of hydrogen-bond acceptors (Lipinski definition) is 2. The zero-order valence-electron chi connectivity index (χ0n) is 53.2. The molecule has 17 aromatic rings. The Labute approximate surface area is 545 Å². The van der Waals surface area contributed by atoms with Crippen LogP contribution in [-0.4, -0.2) is 23.7 Å². The lowest BCUT2D eigenvalue weighted by Crippen LogP contribution is -2.14. The van der Waals surface area contributed by atoms with Gasteiger partial charge in [0.15, 0.2) is 5.82 Å². The van der Waals surface area contributed by atoms with Crippen LogP contribution in [0, 0.1) is 0 Å². The first-order chi connectivity index (χ1) is 45.9. The van der Waals surface area contributed by atoms with E-state index in [1.807, 2.05) is 0 Å². The Hall–Kier alpha value is -11.4. The summed E-state index contributed by atoms with van der Waals surface area (Å²) in [4.78, 5) is 11.3. The van der Waals surface area contributed by atoms with E-state index in [1.165, 1.54) is 132 Å². The van der Waals surface area contributed by atoms with Gasteiger partial charge in [-0.1, -0.05) is 230 Å². The Kier molecular flexibility index (Phi) is 10.7. The van der Waals surface area contributed by atoms with E-state index in [-0.39, 0.29) is 16.2 Å². The summed E-state index contributed by atoms with van der Waals surface area (Å²) in [7, 11) is 0. The number of nitrogens with zero attached hydrogens (tertiary/aromatic N) is 5. The first-order valence-electron chi connectivity index (χ1n) is 33.1. The molecule has 0 fully saturated rings. The molecule has 0 radical (unpaired) electrons. The van der Waals surface area contributed by atoms with Crippen LogP contribution >= 0.6 is 0 Å². The molecule has 5 heteroatoms. The van der Waals surface area contributed by atoms with E-state index in [0.29, 0.717) is 5.82 Å². The molecule has 4 heterocycles. The third kappa shape index (κ3) is 7.08.